The number of nitrogens with zero attached hydrogens (tertiary/aromatic N) is 1. The summed E-state index contributed by atoms with van der Waals surface area (Å²) in [4.78, 5) is 27.9. The number of benzene rings is 2. The fourth-order valence-corrected chi connectivity index (χ4v) is 3.19. The quantitative estimate of drug-likeness (QED) is 0.610. The van der Waals surface area contributed by atoms with E-state index in [1.807, 2.05) is 49.4 Å². The molecule has 2 N–H and O–H groups in total. The second-order valence-electron chi connectivity index (χ2n) is 5.72. The van der Waals surface area contributed by atoms with Gasteiger partial charge in [-0.15, -0.1) is 11.3 Å². The third kappa shape index (κ3) is 5.50. The topological polar surface area (TPSA) is 89.6 Å². The normalized spacial score (nSPS) is 10.6. The van der Waals surface area contributed by atoms with E-state index in [-0.39, 0.29) is 19.8 Å². The summed E-state index contributed by atoms with van der Waals surface area (Å²) in [6, 6.07) is 15.2. The van der Waals surface area contributed by atoms with Crippen LogP contribution in [0.1, 0.15) is 10.6 Å². The van der Waals surface area contributed by atoms with Crippen molar-refractivity contribution >= 4 is 33.4 Å². The monoisotopic (exact) mass is 385 g/mol. The number of hydrogen-bond donors (Lipinski definition) is 2. The van der Waals surface area contributed by atoms with Gasteiger partial charge < -0.3 is 9.47 Å². The highest BCUT2D eigenvalue weighted by atomic mass is 32.1. The molecule has 3 aromatic rings. The number of fused-ring (bicyclic) bond motifs is 1. The van der Waals surface area contributed by atoms with Crippen LogP contribution in [0.4, 0.5) is 0 Å². The summed E-state index contributed by atoms with van der Waals surface area (Å²) in [7, 11) is 0. The first-order valence-corrected chi connectivity index (χ1v) is 9.12. The molecule has 0 atom stereocenters. The first-order chi connectivity index (χ1) is 13.1. The predicted octanol–water partition coefficient (Wildman–Crippen LogP) is 2.35. The van der Waals surface area contributed by atoms with E-state index in [1.165, 1.54) is 11.3 Å². The highest BCUT2D eigenvalue weighted by Gasteiger charge is 2.08. The predicted molar refractivity (Wildman–Crippen MR) is 102 cm³/mol. The lowest BCUT2D eigenvalue weighted by Crippen LogP contribution is -2.45. The van der Waals surface area contributed by atoms with Crippen LogP contribution in [0.25, 0.3) is 10.2 Å². The number of thiazole rings is 1. The summed E-state index contributed by atoms with van der Waals surface area (Å²) in [5, 5.41) is 0.791. The van der Waals surface area contributed by atoms with Crippen molar-refractivity contribution in [3.8, 4) is 5.75 Å². The Kier molecular flexibility index (Phi) is 6.35. The molecule has 0 spiro atoms. The fourth-order valence-electron chi connectivity index (χ4n) is 2.29. The zero-order valence-corrected chi connectivity index (χ0v) is 15.5. The van der Waals surface area contributed by atoms with E-state index in [4.69, 9.17) is 9.47 Å². The zero-order valence-electron chi connectivity index (χ0n) is 14.7. The molecule has 1 heterocycles. The summed E-state index contributed by atoms with van der Waals surface area (Å²) >= 11 is 1.52. The van der Waals surface area contributed by atoms with Crippen LogP contribution in [0.15, 0.2) is 48.5 Å². The number of hydrogen-bond acceptors (Lipinski definition) is 6. The molecule has 2 aromatic carbocycles. The maximum Gasteiger partial charge on any atom is 0.276 e. The summed E-state index contributed by atoms with van der Waals surface area (Å²) in [6.07, 6.45) is 0. The maximum absolute atomic E-state index is 11.7. The maximum atomic E-state index is 11.7. The molecule has 0 radical (unpaired) electrons. The van der Waals surface area contributed by atoms with Crippen molar-refractivity contribution in [2.75, 3.05) is 13.2 Å². The van der Waals surface area contributed by atoms with Crippen LogP contribution in [-0.2, 0) is 20.9 Å². The van der Waals surface area contributed by atoms with Crippen molar-refractivity contribution < 1.29 is 19.1 Å². The van der Waals surface area contributed by atoms with Crippen molar-refractivity contribution in [1.29, 1.82) is 0 Å². The van der Waals surface area contributed by atoms with Gasteiger partial charge in [-0.3, -0.25) is 20.4 Å². The van der Waals surface area contributed by atoms with Crippen molar-refractivity contribution in [3.63, 3.8) is 0 Å². The third-order valence-electron chi connectivity index (χ3n) is 3.59. The second kappa shape index (κ2) is 9.11. The van der Waals surface area contributed by atoms with Crippen LogP contribution in [-0.4, -0.2) is 30.0 Å². The highest BCUT2D eigenvalue weighted by molar-refractivity contribution is 7.18. The van der Waals surface area contributed by atoms with Crippen LogP contribution in [0.3, 0.4) is 0 Å². The number of aromatic nitrogens is 1. The molecule has 0 aliphatic carbocycles. The molecule has 27 heavy (non-hydrogen) atoms. The molecule has 0 bridgehead atoms. The number of carbonyl (C=O) groups is 2. The number of carbonyl (C=O) groups excluding carboxylic acids is 2. The zero-order chi connectivity index (χ0) is 19.1. The van der Waals surface area contributed by atoms with Crippen molar-refractivity contribution in [2.24, 2.45) is 0 Å². The highest BCUT2D eigenvalue weighted by Crippen LogP contribution is 2.21. The molecule has 3 rings (SSSR count). The number of nitrogens with one attached hydrogen (secondary N) is 2. The molecule has 7 nitrogen and oxygen atoms in total. The van der Waals surface area contributed by atoms with E-state index in [9.17, 15) is 9.59 Å². The molecule has 0 fully saturated rings. The molecule has 8 heteroatoms. The molecule has 2 amide bonds. The molecule has 140 valence electrons. The van der Waals surface area contributed by atoms with Gasteiger partial charge in [-0.05, 0) is 30.7 Å². The van der Waals surface area contributed by atoms with E-state index in [0.717, 1.165) is 20.8 Å². The van der Waals surface area contributed by atoms with Crippen LogP contribution in [0.2, 0.25) is 0 Å². The van der Waals surface area contributed by atoms with Crippen molar-refractivity contribution in [2.45, 2.75) is 13.5 Å². The van der Waals surface area contributed by atoms with Crippen LogP contribution in [0, 0.1) is 6.92 Å². The lowest BCUT2D eigenvalue weighted by molar-refractivity contribution is -0.132. The Morgan fingerprint density at radius 3 is 2.48 bits per heavy atom. The molecule has 1 aromatic heterocycles. The minimum Gasteiger partial charge on any atom is -0.483 e. The molecular formula is C19H19N3O4S. The molecule has 0 saturated carbocycles. The Hall–Kier alpha value is -2.97. The first-order valence-electron chi connectivity index (χ1n) is 8.30. The van der Waals surface area contributed by atoms with E-state index < -0.39 is 11.8 Å². The Balaban J connectivity index is 1.34. The molecular weight excluding hydrogens is 366 g/mol. The lowest BCUT2D eigenvalue weighted by atomic mass is 10.2. The molecule has 0 aliphatic rings. The Labute approximate surface area is 160 Å². The van der Waals surface area contributed by atoms with Gasteiger partial charge in [0.25, 0.3) is 11.8 Å². The van der Waals surface area contributed by atoms with Gasteiger partial charge in [0.15, 0.2) is 6.61 Å². The van der Waals surface area contributed by atoms with Gasteiger partial charge in [-0.25, -0.2) is 4.98 Å². The lowest BCUT2D eigenvalue weighted by Gasteiger charge is -2.10. The van der Waals surface area contributed by atoms with Crippen molar-refractivity contribution in [3.05, 3.63) is 59.1 Å². The smallest absolute Gasteiger partial charge is 0.276 e. The van der Waals surface area contributed by atoms with Crippen molar-refractivity contribution in [1.82, 2.24) is 15.8 Å². The minimum atomic E-state index is -0.460. The van der Waals surface area contributed by atoms with Gasteiger partial charge in [0, 0.05) is 0 Å². The second-order valence-corrected chi connectivity index (χ2v) is 6.83. The molecule has 0 unspecified atom stereocenters. The van der Waals surface area contributed by atoms with Gasteiger partial charge in [-0.2, -0.15) is 0 Å². The summed E-state index contributed by atoms with van der Waals surface area (Å²) in [5.74, 6) is -0.295. The molecule has 0 aliphatic heterocycles. The Bertz CT molecular complexity index is 908. The summed E-state index contributed by atoms with van der Waals surface area (Å²) in [5.41, 5.74) is 6.41. The van der Waals surface area contributed by atoms with Gasteiger partial charge in [0.1, 0.15) is 17.4 Å². The minimum absolute atomic E-state index is 0.186. The average molecular weight is 385 g/mol. The third-order valence-corrected chi connectivity index (χ3v) is 4.60. The fraction of sp³-hybridized carbons (Fsp3) is 0.211. The van der Waals surface area contributed by atoms with Gasteiger partial charge in [0.2, 0.25) is 0 Å². The molecule has 0 saturated heterocycles. The number of aryl methyl sites for hydroxylation is 1. The SMILES string of the molecule is Cc1ccccc1OCC(=O)NNC(=O)COCc1nc2ccccc2s1. The largest absolute Gasteiger partial charge is 0.483 e. The Morgan fingerprint density at radius 2 is 1.70 bits per heavy atom. The number of hydrazine groups is 1. The first kappa shape index (κ1) is 18.8. The number of rotatable bonds is 7. The standard InChI is InChI=1S/C19H19N3O4S/c1-13-6-2-4-8-15(13)26-11-18(24)22-21-17(23)10-25-12-19-20-14-7-3-5-9-16(14)27-19/h2-9H,10-12H2,1H3,(H,21,23)(H,22,24). The van der Waals surface area contributed by atoms with Gasteiger partial charge >= 0.3 is 0 Å². The van der Waals surface area contributed by atoms with E-state index >= 15 is 0 Å². The number of para-hydroxylation sites is 2. The Morgan fingerprint density at radius 1 is 1.00 bits per heavy atom. The van der Waals surface area contributed by atoms with E-state index in [1.54, 1.807) is 6.07 Å². The van der Waals surface area contributed by atoms with Gasteiger partial charge in [0.05, 0.1) is 16.8 Å². The summed E-state index contributed by atoms with van der Waals surface area (Å²) in [6.45, 7) is 1.74. The number of amides is 2. The number of ether oxygens (including phenoxy) is 2. The summed E-state index contributed by atoms with van der Waals surface area (Å²) < 4.78 is 11.8. The average Bonchev–Trinajstić information content (AvgIpc) is 3.08. The van der Waals surface area contributed by atoms with E-state index in [2.05, 4.69) is 15.8 Å². The van der Waals surface area contributed by atoms with Crippen LogP contribution in [0.5, 0.6) is 5.75 Å². The van der Waals surface area contributed by atoms with Crippen LogP contribution < -0.4 is 15.6 Å². The van der Waals surface area contributed by atoms with Crippen LogP contribution >= 0.6 is 11.3 Å². The van der Waals surface area contributed by atoms with E-state index in [0.29, 0.717) is 5.75 Å². The van der Waals surface area contributed by atoms with Gasteiger partial charge in [-0.1, -0.05) is 30.3 Å².